The van der Waals surface area contributed by atoms with Gasteiger partial charge in [0, 0.05) is 12.5 Å². The van der Waals surface area contributed by atoms with E-state index in [1.54, 1.807) is 0 Å². The maximum absolute atomic E-state index is 3.19. The molecule has 0 aromatic heterocycles. The van der Waals surface area contributed by atoms with Crippen molar-refractivity contribution in [3.63, 3.8) is 0 Å². The van der Waals surface area contributed by atoms with E-state index in [0.717, 1.165) is 12.5 Å². The van der Waals surface area contributed by atoms with Crippen molar-refractivity contribution in [3.8, 4) is 11.8 Å². The minimum absolute atomic E-state index is 0.868. The minimum atomic E-state index is -0.868. The van der Waals surface area contributed by atoms with Gasteiger partial charge in [-0.2, -0.15) is 0 Å². The van der Waals surface area contributed by atoms with Gasteiger partial charge in [-0.3, -0.25) is 0 Å². The molecular formula is C8H16Si. The van der Waals surface area contributed by atoms with E-state index < -0.39 is 8.07 Å². The molecule has 0 nitrogen and oxygen atoms in total. The summed E-state index contributed by atoms with van der Waals surface area (Å²) < 4.78 is 0. The lowest BCUT2D eigenvalue weighted by atomic mass is 10.5. The Balaban J connectivity index is 3.50. The van der Waals surface area contributed by atoms with Gasteiger partial charge in [0.2, 0.25) is 0 Å². The summed E-state index contributed by atoms with van der Waals surface area (Å²) in [5.41, 5.74) is 0. The second kappa shape index (κ2) is 3.74. The van der Waals surface area contributed by atoms with Crippen molar-refractivity contribution in [1.29, 1.82) is 0 Å². The van der Waals surface area contributed by atoms with Gasteiger partial charge in [0.15, 0.2) is 0 Å². The molecule has 0 heterocycles. The van der Waals surface area contributed by atoms with Crippen LogP contribution in [0.3, 0.4) is 0 Å². The van der Waals surface area contributed by atoms with Crippen LogP contribution in [0.25, 0.3) is 0 Å². The lowest BCUT2D eigenvalue weighted by Gasteiger charge is -2.09. The van der Waals surface area contributed by atoms with Crippen molar-refractivity contribution < 1.29 is 0 Å². The van der Waals surface area contributed by atoms with E-state index in [-0.39, 0.29) is 0 Å². The molecule has 0 fully saturated rings. The second-order valence-electron chi connectivity index (χ2n) is 3.44. The Bertz CT molecular complexity index is 120. The third-order valence-electron chi connectivity index (χ3n) is 0.920. The first-order valence-electron chi connectivity index (χ1n) is 3.52. The van der Waals surface area contributed by atoms with Crippen molar-refractivity contribution in [1.82, 2.24) is 0 Å². The smallest absolute Gasteiger partial charge is 0.0573 e. The Hall–Kier alpha value is -0.223. The molecule has 0 aromatic rings. The van der Waals surface area contributed by atoms with Gasteiger partial charge in [0.1, 0.15) is 0 Å². The summed E-state index contributed by atoms with van der Waals surface area (Å²) in [7, 11) is -0.868. The molecule has 0 aromatic carbocycles. The molecule has 0 saturated carbocycles. The summed E-state index contributed by atoms with van der Waals surface area (Å²) in [6, 6.07) is 1.15. The van der Waals surface area contributed by atoms with Crippen molar-refractivity contribution in [2.75, 3.05) is 0 Å². The Labute approximate surface area is 59.7 Å². The standard InChI is InChI=1S/C8H16Si/c1-5-6-7-8-9(2,3)4/h5,8H2,1-4H3. The predicted octanol–water partition coefficient (Wildman–Crippen LogP) is 2.74. The van der Waals surface area contributed by atoms with E-state index in [2.05, 4.69) is 38.4 Å². The average Bonchev–Trinajstić information content (AvgIpc) is 1.63. The van der Waals surface area contributed by atoms with E-state index in [1.165, 1.54) is 0 Å². The zero-order chi connectivity index (χ0) is 7.33. The van der Waals surface area contributed by atoms with Crippen molar-refractivity contribution in [2.45, 2.75) is 39.0 Å². The van der Waals surface area contributed by atoms with Crippen molar-refractivity contribution in [3.05, 3.63) is 0 Å². The molecule has 0 unspecified atom stereocenters. The molecule has 52 valence electrons. The summed E-state index contributed by atoms with van der Waals surface area (Å²) >= 11 is 0. The van der Waals surface area contributed by atoms with Gasteiger partial charge in [0.05, 0.1) is 8.07 Å². The van der Waals surface area contributed by atoms with Crippen LogP contribution < -0.4 is 0 Å². The molecule has 0 amide bonds. The van der Waals surface area contributed by atoms with Gasteiger partial charge in [-0.15, -0.1) is 11.8 Å². The molecule has 0 rings (SSSR count). The Morgan fingerprint density at radius 2 is 1.67 bits per heavy atom. The molecule has 0 aliphatic rings. The van der Waals surface area contributed by atoms with E-state index in [1.807, 2.05) is 0 Å². The topological polar surface area (TPSA) is 0 Å². The average molecular weight is 140 g/mol. The van der Waals surface area contributed by atoms with E-state index >= 15 is 0 Å². The number of hydrogen-bond donors (Lipinski definition) is 0. The largest absolute Gasteiger partial charge is 0.106 e. The van der Waals surface area contributed by atoms with Crippen LogP contribution in [0.4, 0.5) is 0 Å². The first kappa shape index (κ1) is 8.78. The Morgan fingerprint density at radius 3 is 2.00 bits per heavy atom. The fraction of sp³-hybridized carbons (Fsp3) is 0.750. The maximum Gasteiger partial charge on any atom is 0.0573 e. The van der Waals surface area contributed by atoms with Crippen LogP contribution in [0.15, 0.2) is 0 Å². The molecule has 0 N–H and O–H groups in total. The molecule has 0 aliphatic carbocycles. The van der Waals surface area contributed by atoms with Gasteiger partial charge in [-0.05, 0) is 0 Å². The first-order chi connectivity index (χ1) is 4.06. The second-order valence-corrected chi connectivity index (χ2v) is 8.92. The molecule has 0 spiro atoms. The van der Waals surface area contributed by atoms with E-state index in [0.29, 0.717) is 0 Å². The lowest BCUT2D eigenvalue weighted by molar-refractivity contribution is 1.27. The summed E-state index contributed by atoms with van der Waals surface area (Å²) in [5.74, 6) is 6.28. The van der Waals surface area contributed by atoms with Gasteiger partial charge in [-0.25, -0.2) is 0 Å². The molecule has 0 atom stereocenters. The highest BCUT2D eigenvalue weighted by Crippen LogP contribution is 2.05. The molecule has 0 bridgehead atoms. The fourth-order valence-corrected chi connectivity index (χ4v) is 1.11. The third kappa shape index (κ3) is 7.78. The zero-order valence-electron chi connectivity index (χ0n) is 6.91. The van der Waals surface area contributed by atoms with Gasteiger partial charge < -0.3 is 0 Å². The van der Waals surface area contributed by atoms with Crippen LogP contribution in [-0.4, -0.2) is 8.07 Å². The molecule has 0 aliphatic heterocycles. The number of rotatable bonds is 1. The first-order valence-corrected chi connectivity index (χ1v) is 7.22. The fourth-order valence-electron chi connectivity index (χ4n) is 0.453. The summed E-state index contributed by atoms with van der Waals surface area (Å²) in [6.07, 6.45) is 1.00. The van der Waals surface area contributed by atoms with Crippen LogP contribution >= 0.6 is 0 Å². The molecular weight excluding hydrogens is 124 g/mol. The highest BCUT2D eigenvalue weighted by molar-refractivity contribution is 6.76. The summed E-state index contributed by atoms with van der Waals surface area (Å²) in [4.78, 5) is 0. The third-order valence-corrected chi connectivity index (χ3v) is 2.16. The highest BCUT2D eigenvalue weighted by Gasteiger charge is 2.09. The normalized spacial score (nSPS) is 10.2. The molecule has 1 heteroatoms. The van der Waals surface area contributed by atoms with Crippen LogP contribution in [0, 0.1) is 11.8 Å². The summed E-state index contributed by atoms with van der Waals surface area (Å²) in [6.45, 7) is 9.13. The number of hydrogen-bond acceptors (Lipinski definition) is 0. The van der Waals surface area contributed by atoms with Crippen LogP contribution in [-0.2, 0) is 0 Å². The van der Waals surface area contributed by atoms with E-state index in [9.17, 15) is 0 Å². The maximum atomic E-state index is 3.19. The van der Waals surface area contributed by atoms with Crippen molar-refractivity contribution >= 4 is 8.07 Å². The SMILES string of the molecule is CCC#CC[Si](C)(C)C. The monoisotopic (exact) mass is 140 g/mol. The summed E-state index contributed by atoms with van der Waals surface area (Å²) in [5, 5.41) is 0. The predicted molar refractivity (Wildman–Crippen MR) is 46.2 cm³/mol. The quantitative estimate of drug-likeness (QED) is 0.388. The molecule has 0 radical (unpaired) electrons. The van der Waals surface area contributed by atoms with Gasteiger partial charge in [-0.1, -0.05) is 26.6 Å². The Kier molecular flexibility index (Phi) is 3.64. The molecule has 0 saturated heterocycles. The minimum Gasteiger partial charge on any atom is -0.106 e. The highest BCUT2D eigenvalue weighted by atomic mass is 28.3. The van der Waals surface area contributed by atoms with Crippen LogP contribution in [0.5, 0.6) is 0 Å². The van der Waals surface area contributed by atoms with Crippen LogP contribution in [0.1, 0.15) is 13.3 Å². The van der Waals surface area contributed by atoms with Gasteiger partial charge in [0.25, 0.3) is 0 Å². The van der Waals surface area contributed by atoms with E-state index in [4.69, 9.17) is 0 Å². The lowest BCUT2D eigenvalue weighted by Crippen LogP contribution is -2.17. The Morgan fingerprint density at radius 1 is 1.11 bits per heavy atom. The van der Waals surface area contributed by atoms with Crippen molar-refractivity contribution in [2.24, 2.45) is 0 Å². The van der Waals surface area contributed by atoms with Crippen LogP contribution in [0.2, 0.25) is 25.7 Å². The van der Waals surface area contributed by atoms with Gasteiger partial charge >= 0.3 is 0 Å². The zero-order valence-corrected chi connectivity index (χ0v) is 7.91. The molecule has 9 heavy (non-hydrogen) atoms.